The van der Waals surface area contributed by atoms with Gasteiger partial charge in [-0.15, -0.1) is 11.3 Å². The predicted molar refractivity (Wildman–Crippen MR) is 72.8 cm³/mol. The fourth-order valence-electron chi connectivity index (χ4n) is 2.17. The number of rotatable bonds is 5. The largest absolute Gasteiger partial charge is 0.393 e. The molecule has 2 heterocycles. The first kappa shape index (κ1) is 13.2. The van der Waals surface area contributed by atoms with Crippen molar-refractivity contribution in [3.05, 3.63) is 33.5 Å². The van der Waals surface area contributed by atoms with Crippen LogP contribution < -0.4 is 0 Å². The number of nitrogens with zero attached hydrogens (tertiary/aromatic N) is 3. The van der Waals surface area contributed by atoms with Crippen LogP contribution in [0.2, 0.25) is 0 Å². The van der Waals surface area contributed by atoms with Gasteiger partial charge in [0.05, 0.1) is 17.3 Å². The maximum atomic E-state index is 10.0. The molecular weight excluding hydrogens is 246 g/mol. The van der Waals surface area contributed by atoms with Gasteiger partial charge in [-0.3, -0.25) is 9.67 Å². The summed E-state index contributed by atoms with van der Waals surface area (Å²) in [7, 11) is 1.96. The van der Waals surface area contributed by atoms with E-state index in [0.717, 1.165) is 23.4 Å². The van der Waals surface area contributed by atoms with Crippen LogP contribution in [0.1, 0.15) is 28.2 Å². The number of aryl methyl sites for hydroxylation is 2. The fourth-order valence-corrected chi connectivity index (χ4v) is 2.83. The van der Waals surface area contributed by atoms with Crippen LogP contribution in [0.4, 0.5) is 0 Å². The SMILES string of the molecule is Cc1nn(C)c(C)c1CCC(O)Cc1cncs1. The summed E-state index contributed by atoms with van der Waals surface area (Å²) in [6, 6.07) is 0. The molecule has 4 nitrogen and oxygen atoms in total. The molecule has 0 spiro atoms. The summed E-state index contributed by atoms with van der Waals surface area (Å²) in [6.07, 6.45) is 3.87. The van der Waals surface area contributed by atoms with E-state index in [9.17, 15) is 5.11 Å². The van der Waals surface area contributed by atoms with Crippen LogP contribution in [0.25, 0.3) is 0 Å². The van der Waals surface area contributed by atoms with Crippen molar-refractivity contribution in [2.45, 2.75) is 39.2 Å². The quantitative estimate of drug-likeness (QED) is 0.900. The third-order valence-corrected chi connectivity index (χ3v) is 4.11. The maximum absolute atomic E-state index is 10.0. The summed E-state index contributed by atoms with van der Waals surface area (Å²) in [5, 5.41) is 14.4. The molecule has 0 saturated carbocycles. The zero-order valence-electron chi connectivity index (χ0n) is 11.1. The minimum absolute atomic E-state index is 0.301. The van der Waals surface area contributed by atoms with Crippen molar-refractivity contribution in [3.8, 4) is 0 Å². The lowest BCUT2D eigenvalue weighted by Crippen LogP contribution is -2.11. The standard InChI is InChI=1S/C13H19N3OS/c1-9-13(10(2)16(3)15-9)5-4-11(17)6-12-7-14-8-18-12/h7-8,11,17H,4-6H2,1-3H3. The summed E-state index contributed by atoms with van der Waals surface area (Å²) < 4.78 is 1.90. The molecule has 0 saturated heterocycles. The van der Waals surface area contributed by atoms with Gasteiger partial charge in [0.15, 0.2) is 0 Å². The van der Waals surface area contributed by atoms with E-state index in [1.165, 1.54) is 11.3 Å². The highest BCUT2D eigenvalue weighted by molar-refractivity contribution is 7.09. The second kappa shape index (κ2) is 5.63. The average molecular weight is 265 g/mol. The molecule has 0 radical (unpaired) electrons. The Hall–Kier alpha value is -1.20. The van der Waals surface area contributed by atoms with Crippen molar-refractivity contribution in [3.63, 3.8) is 0 Å². The Balaban J connectivity index is 1.91. The summed E-state index contributed by atoms with van der Waals surface area (Å²) >= 11 is 1.60. The van der Waals surface area contributed by atoms with Gasteiger partial charge in [-0.1, -0.05) is 0 Å². The Labute approximate surface area is 111 Å². The van der Waals surface area contributed by atoms with Gasteiger partial charge in [-0.2, -0.15) is 5.10 Å². The Morgan fingerprint density at radius 3 is 2.78 bits per heavy atom. The number of aromatic nitrogens is 3. The number of aliphatic hydroxyl groups excluding tert-OH is 1. The lowest BCUT2D eigenvalue weighted by molar-refractivity contribution is 0.166. The van der Waals surface area contributed by atoms with Crippen LogP contribution in [0, 0.1) is 13.8 Å². The van der Waals surface area contributed by atoms with Gasteiger partial charge in [-0.25, -0.2) is 0 Å². The van der Waals surface area contributed by atoms with Crippen molar-refractivity contribution < 1.29 is 5.11 Å². The van der Waals surface area contributed by atoms with Crippen molar-refractivity contribution in [1.82, 2.24) is 14.8 Å². The van der Waals surface area contributed by atoms with E-state index in [2.05, 4.69) is 17.0 Å². The number of thiazole rings is 1. The first-order chi connectivity index (χ1) is 8.58. The van der Waals surface area contributed by atoms with E-state index in [-0.39, 0.29) is 6.10 Å². The first-order valence-corrected chi connectivity index (χ1v) is 7.00. The van der Waals surface area contributed by atoms with Gasteiger partial charge in [0.2, 0.25) is 0 Å². The molecular formula is C13H19N3OS. The molecule has 2 aromatic heterocycles. The van der Waals surface area contributed by atoms with Crippen LogP contribution in [-0.4, -0.2) is 26.0 Å². The summed E-state index contributed by atoms with van der Waals surface area (Å²) in [4.78, 5) is 5.16. The van der Waals surface area contributed by atoms with Crippen LogP contribution in [-0.2, 0) is 19.9 Å². The average Bonchev–Trinajstić information content (AvgIpc) is 2.88. The third kappa shape index (κ3) is 2.97. The smallest absolute Gasteiger partial charge is 0.0794 e. The van der Waals surface area contributed by atoms with Gasteiger partial charge in [-0.05, 0) is 32.3 Å². The lowest BCUT2D eigenvalue weighted by atomic mass is 10.0. The molecule has 0 aliphatic carbocycles. The zero-order chi connectivity index (χ0) is 13.1. The lowest BCUT2D eigenvalue weighted by Gasteiger charge is -2.09. The van der Waals surface area contributed by atoms with Gasteiger partial charge >= 0.3 is 0 Å². The number of hydrogen-bond donors (Lipinski definition) is 1. The molecule has 1 unspecified atom stereocenters. The maximum Gasteiger partial charge on any atom is 0.0794 e. The molecule has 1 atom stereocenters. The molecule has 1 N–H and O–H groups in total. The van der Waals surface area contributed by atoms with E-state index in [4.69, 9.17) is 0 Å². The third-order valence-electron chi connectivity index (χ3n) is 3.31. The molecule has 2 rings (SSSR count). The number of hydrogen-bond acceptors (Lipinski definition) is 4. The molecule has 0 fully saturated rings. The monoisotopic (exact) mass is 265 g/mol. The van der Waals surface area contributed by atoms with E-state index in [0.29, 0.717) is 6.42 Å². The van der Waals surface area contributed by atoms with Crippen LogP contribution in [0.5, 0.6) is 0 Å². The van der Waals surface area contributed by atoms with E-state index in [1.807, 2.05) is 24.9 Å². The topological polar surface area (TPSA) is 50.9 Å². The molecule has 2 aromatic rings. The highest BCUT2D eigenvalue weighted by atomic mass is 32.1. The van der Waals surface area contributed by atoms with Crippen LogP contribution in [0.15, 0.2) is 11.7 Å². The highest BCUT2D eigenvalue weighted by Crippen LogP contribution is 2.17. The highest BCUT2D eigenvalue weighted by Gasteiger charge is 2.12. The second-order valence-electron chi connectivity index (χ2n) is 4.64. The molecule has 0 bridgehead atoms. The molecule has 18 heavy (non-hydrogen) atoms. The Kier molecular flexibility index (Phi) is 4.14. The van der Waals surface area contributed by atoms with Gasteiger partial charge < -0.3 is 5.11 Å². The first-order valence-electron chi connectivity index (χ1n) is 6.12. The summed E-state index contributed by atoms with van der Waals surface area (Å²) in [5.41, 5.74) is 5.33. The molecule has 0 aromatic carbocycles. The van der Waals surface area contributed by atoms with Crippen molar-refractivity contribution in [2.75, 3.05) is 0 Å². The van der Waals surface area contributed by atoms with Gasteiger partial charge in [0.25, 0.3) is 0 Å². The van der Waals surface area contributed by atoms with Crippen LogP contribution in [0.3, 0.4) is 0 Å². The predicted octanol–water partition coefficient (Wildman–Crippen LogP) is 2.03. The Bertz CT molecular complexity index is 505. The van der Waals surface area contributed by atoms with E-state index < -0.39 is 0 Å². The molecule has 5 heteroatoms. The Morgan fingerprint density at radius 2 is 2.22 bits per heavy atom. The van der Waals surface area contributed by atoms with Crippen molar-refractivity contribution >= 4 is 11.3 Å². The van der Waals surface area contributed by atoms with Crippen molar-refractivity contribution in [2.24, 2.45) is 7.05 Å². The van der Waals surface area contributed by atoms with Crippen molar-refractivity contribution in [1.29, 1.82) is 0 Å². The van der Waals surface area contributed by atoms with Gasteiger partial charge in [0, 0.05) is 30.2 Å². The molecule has 0 aliphatic heterocycles. The van der Waals surface area contributed by atoms with Gasteiger partial charge in [0.1, 0.15) is 0 Å². The number of aliphatic hydroxyl groups is 1. The van der Waals surface area contributed by atoms with Crippen LogP contribution >= 0.6 is 11.3 Å². The summed E-state index contributed by atoms with van der Waals surface area (Å²) in [6.45, 7) is 4.10. The molecule has 0 aliphatic rings. The minimum atomic E-state index is -0.301. The second-order valence-corrected chi connectivity index (χ2v) is 5.61. The van der Waals surface area contributed by atoms with E-state index >= 15 is 0 Å². The molecule has 98 valence electrons. The zero-order valence-corrected chi connectivity index (χ0v) is 11.9. The normalized spacial score (nSPS) is 12.9. The van der Waals surface area contributed by atoms with E-state index in [1.54, 1.807) is 16.8 Å². The molecule has 0 amide bonds. The Morgan fingerprint density at radius 1 is 1.44 bits per heavy atom. The minimum Gasteiger partial charge on any atom is -0.393 e. The summed E-state index contributed by atoms with van der Waals surface area (Å²) in [5.74, 6) is 0. The fraction of sp³-hybridized carbons (Fsp3) is 0.538.